The second-order valence-electron chi connectivity index (χ2n) is 8.36. The summed E-state index contributed by atoms with van der Waals surface area (Å²) >= 11 is 0. The van der Waals surface area contributed by atoms with Gasteiger partial charge in [-0.1, -0.05) is 48.5 Å². The normalized spacial score (nSPS) is 11.1. The van der Waals surface area contributed by atoms with Gasteiger partial charge in [-0.2, -0.15) is 10.2 Å². The van der Waals surface area contributed by atoms with Crippen LogP contribution in [-0.4, -0.2) is 30.9 Å². The third-order valence-corrected chi connectivity index (χ3v) is 6.07. The molecule has 0 aliphatic rings. The van der Waals surface area contributed by atoms with Crippen LogP contribution in [0.15, 0.2) is 102 Å². The summed E-state index contributed by atoms with van der Waals surface area (Å²) in [4.78, 5) is 29.4. The van der Waals surface area contributed by atoms with Crippen LogP contribution in [0.2, 0.25) is 0 Å². The molecule has 8 heteroatoms. The zero-order chi connectivity index (χ0) is 24.5. The Balaban J connectivity index is 1.28. The van der Waals surface area contributed by atoms with Crippen molar-refractivity contribution in [3.8, 4) is 11.3 Å². The van der Waals surface area contributed by atoms with Gasteiger partial charge in [0.15, 0.2) is 5.69 Å². The van der Waals surface area contributed by atoms with Gasteiger partial charge >= 0.3 is 0 Å². The van der Waals surface area contributed by atoms with Gasteiger partial charge in [0.25, 0.3) is 11.5 Å². The lowest BCUT2D eigenvalue weighted by Crippen LogP contribution is -2.14. The van der Waals surface area contributed by atoms with E-state index >= 15 is 0 Å². The standard InChI is InChI=1S/C28H20N6O2/c35-27-22-6-2-1-5-21(22)25(31-32-27)19-9-11-20(12-10-19)30-28(36)26-23-7-3-4-8-24(23)34(33-26)17-18-13-15-29-16-14-18/h1-16H,17H2,(H,30,36)(H,32,35). The van der Waals surface area contributed by atoms with Crippen LogP contribution in [0.5, 0.6) is 0 Å². The lowest BCUT2D eigenvalue weighted by atomic mass is 10.0. The van der Waals surface area contributed by atoms with Crippen molar-refractivity contribution in [3.63, 3.8) is 0 Å². The molecule has 0 saturated carbocycles. The summed E-state index contributed by atoms with van der Waals surface area (Å²) in [5.41, 5.74) is 4.18. The number of H-pyrrole nitrogens is 1. The second kappa shape index (κ2) is 8.92. The molecular formula is C28H20N6O2. The average molecular weight is 473 g/mol. The first-order valence-electron chi connectivity index (χ1n) is 11.4. The van der Waals surface area contributed by atoms with E-state index in [0.29, 0.717) is 29.0 Å². The minimum absolute atomic E-state index is 0.228. The van der Waals surface area contributed by atoms with E-state index in [1.165, 1.54) is 0 Å². The Labute approximate surface area is 205 Å². The smallest absolute Gasteiger partial charge is 0.276 e. The molecule has 6 aromatic rings. The number of aromatic amines is 1. The first-order valence-corrected chi connectivity index (χ1v) is 11.4. The number of nitrogens with zero attached hydrogens (tertiary/aromatic N) is 4. The Hall–Kier alpha value is -5.11. The summed E-state index contributed by atoms with van der Waals surface area (Å²) in [6, 6.07) is 26.2. The number of fused-ring (bicyclic) bond motifs is 2. The minimum atomic E-state index is -0.292. The molecule has 0 atom stereocenters. The molecule has 0 spiro atoms. The van der Waals surface area contributed by atoms with Crippen LogP contribution in [0.1, 0.15) is 16.1 Å². The Bertz CT molecular complexity index is 1770. The molecule has 0 bridgehead atoms. The molecule has 174 valence electrons. The van der Waals surface area contributed by atoms with Gasteiger partial charge in [-0.25, -0.2) is 5.10 Å². The van der Waals surface area contributed by atoms with Crippen LogP contribution in [0, 0.1) is 0 Å². The third-order valence-electron chi connectivity index (χ3n) is 6.07. The topological polar surface area (TPSA) is 106 Å². The van der Waals surface area contributed by atoms with Crippen molar-refractivity contribution in [2.75, 3.05) is 5.32 Å². The van der Waals surface area contributed by atoms with Gasteiger partial charge in [-0.15, -0.1) is 0 Å². The molecule has 0 aliphatic carbocycles. The van der Waals surface area contributed by atoms with Gasteiger partial charge in [0, 0.05) is 34.4 Å². The fourth-order valence-electron chi connectivity index (χ4n) is 4.31. The van der Waals surface area contributed by atoms with Crippen LogP contribution in [0.4, 0.5) is 5.69 Å². The molecular weight excluding hydrogens is 452 g/mol. The van der Waals surface area contributed by atoms with E-state index in [2.05, 4.69) is 25.6 Å². The van der Waals surface area contributed by atoms with Crippen molar-refractivity contribution in [1.29, 1.82) is 0 Å². The number of nitrogens with one attached hydrogen (secondary N) is 2. The van der Waals surface area contributed by atoms with Gasteiger partial charge in [0.2, 0.25) is 0 Å². The maximum absolute atomic E-state index is 13.2. The number of aromatic nitrogens is 5. The van der Waals surface area contributed by atoms with Crippen molar-refractivity contribution in [2.24, 2.45) is 0 Å². The van der Waals surface area contributed by atoms with Crippen molar-refractivity contribution in [3.05, 3.63) is 119 Å². The molecule has 0 unspecified atom stereocenters. The summed E-state index contributed by atoms with van der Waals surface area (Å²) < 4.78 is 1.83. The Morgan fingerprint density at radius 1 is 0.833 bits per heavy atom. The largest absolute Gasteiger partial charge is 0.321 e. The van der Waals surface area contributed by atoms with E-state index in [9.17, 15) is 9.59 Å². The van der Waals surface area contributed by atoms with E-state index in [-0.39, 0.29) is 11.5 Å². The number of pyridine rings is 1. The summed E-state index contributed by atoms with van der Waals surface area (Å²) in [5, 5.41) is 16.5. The molecule has 0 radical (unpaired) electrons. The molecule has 1 amide bonds. The molecule has 6 rings (SSSR count). The molecule has 2 N–H and O–H groups in total. The number of amides is 1. The van der Waals surface area contributed by atoms with E-state index in [1.807, 2.05) is 83.5 Å². The lowest BCUT2D eigenvalue weighted by molar-refractivity contribution is 0.102. The molecule has 3 aromatic heterocycles. The van der Waals surface area contributed by atoms with E-state index in [0.717, 1.165) is 27.4 Å². The average Bonchev–Trinajstić information content (AvgIpc) is 3.29. The SMILES string of the molecule is O=C(Nc1ccc(-c2n[nH]c(=O)c3ccccc23)cc1)c1nn(Cc2ccncc2)c2ccccc12. The molecule has 3 heterocycles. The highest BCUT2D eigenvalue weighted by Gasteiger charge is 2.18. The number of hydrogen-bond donors (Lipinski definition) is 2. The highest BCUT2D eigenvalue weighted by Crippen LogP contribution is 2.26. The van der Waals surface area contributed by atoms with E-state index in [1.54, 1.807) is 18.5 Å². The predicted molar refractivity (Wildman–Crippen MR) is 139 cm³/mol. The fourth-order valence-corrected chi connectivity index (χ4v) is 4.31. The van der Waals surface area contributed by atoms with Crippen LogP contribution < -0.4 is 10.9 Å². The van der Waals surface area contributed by atoms with Crippen LogP contribution in [0.3, 0.4) is 0 Å². The predicted octanol–water partition coefficient (Wildman–Crippen LogP) is 4.64. The Morgan fingerprint density at radius 3 is 2.31 bits per heavy atom. The highest BCUT2D eigenvalue weighted by atomic mass is 16.2. The maximum Gasteiger partial charge on any atom is 0.276 e. The number of carbonyl (C=O) groups is 1. The van der Waals surface area contributed by atoms with Gasteiger partial charge in [0.05, 0.1) is 23.1 Å². The van der Waals surface area contributed by atoms with Crippen molar-refractivity contribution >= 4 is 33.3 Å². The van der Waals surface area contributed by atoms with Crippen LogP contribution >= 0.6 is 0 Å². The lowest BCUT2D eigenvalue weighted by Gasteiger charge is -2.07. The first-order chi connectivity index (χ1) is 17.7. The summed E-state index contributed by atoms with van der Waals surface area (Å²) in [5.74, 6) is -0.292. The fraction of sp³-hybridized carbons (Fsp3) is 0.0357. The quantitative estimate of drug-likeness (QED) is 0.380. The number of para-hydroxylation sites is 1. The number of hydrogen-bond acceptors (Lipinski definition) is 5. The number of benzene rings is 3. The van der Waals surface area contributed by atoms with Crippen LogP contribution in [-0.2, 0) is 6.54 Å². The highest BCUT2D eigenvalue weighted by molar-refractivity contribution is 6.11. The van der Waals surface area contributed by atoms with E-state index in [4.69, 9.17) is 0 Å². The van der Waals surface area contributed by atoms with Crippen molar-refractivity contribution in [1.82, 2.24) is 25.0 Å². The number of carbonyl (C=O) groups excluding carboxylic acids is 1. The maximum atomic E-state index is 13.2. The van der Waals surface area contributed by atoms with E-state index < -0.39 is 0 Å². The molecule has 0 saturated heterocycles. The Kier molecular flexibility index (Phi) is 5.31. The molecule has 0 fully saturated rings. The van der Waals surface area contributed by atoms with Crippen LogP contribution in [0.25, 0.3) is 32.9 Å². The molecule has 8 nitrogen and oxygen atoms in total. The Morgan fingerprint density at radius 2 is 1.53 bits per heavy atom. The number of rotatable bonds is 5. The summed E-state index contributed by atoms with van der Waals surface area (Å²) in [7, 11) is 0. The molecule has 3 aromatic carbocycles. The first kappa shape index (κ1) is 21.4. The van der Waals surface area contributed by atoms with Gasteiger partial charge < -0.3 is 5.32 Å². The van der Waals surface area contributed by atoms with Crippen molar-refractivity contribution < 1.29 is 4.79 Å². The molecule has 36 heavy (non-hydrogen) atoms. The second-order valence-corrected chi connectivity index (χ2v) is 8.36. The zero-order valence-electron chi connectivity index (χ0n) is 19.1. The van der Waals surface area contributed by atoms with Gasteiger partial charge in [0.1, 0.15) is 0 Å². The number of anilines is 1. The van der Waals surface area contributed by atoms with Gasteiger partial charge in [-0.05, 0) is 42.0 Å². The van der Waals surface area contributed by atoms with Crippen molar-refractivity contribution in [2.45, 2.75) is 6.54 Å². The molecule has 0 aliphatic heterocycles. The summed E-state index contributed by atoms with van der Waals surface area (Å²) in [6.07, 6.45) is 3.48. The third kappa shape index (κ3) is 3.90. The van der Waals surface area contributed by atoms with Gasteiger partial charge in [-0.3, -0.25) is 19.3 Å². The monoisotopic (exact) mass is 472 g/mol. The minimum Gasteiger partial charge on any atom is -0.321 e. The zero-order valence-corrected chi connectivity index (χ0v) is 19.1. The summed E-state index contributed by atoms with van der Waals surface area (Å²) in [6.45, 7) is 0.533.